The fourth-order valence-electron chi connectivity index (χ4n) is 6.15. The summed E-state index contributed by atoms with van der Waals surface area (Å²) in [6.45, 7) is 3.64. The molecule has 0 spiro atoms. The van der Waals surface area contributed by atoms with Crippen LogP contribution >= 0.6 is 11.6 Å². The van der Waals surface area contributed by atoms with Gasteiger partial charge >= 0.3 is 6.09 Å². The maximum absolute atomic E-state index is 14.3. The monoisotopic (exact) mass is 794 g/mol. The molecule has 1 amide bonds. The average molecular weight is 795 g/mol. The molecule has 2 heterocycles. The highest BCUT2D eigenvalue weighted by atomic mass is 35.5. The summed E-state index contributed by atoms with van der Waals surface area (Å²) in [5.41, 5.74) is 4.78. The third-order valence-electron chi connectivity index (χ3n) is 9.23. The largest absolute Gasteiger partial charge is 0.755 e. The van der Waals surface area contributed by atoms with E-state index < -0.39 is 73.4 Å². The second kappa shape index (κ2) is 14.2. The van der Waals surface area contributed by atoms with Crippen LogP contribution in [0, 0.1) is 23.5 Å². The zero-order valence-electron chi connectivity index (χ0n) is 28.5. The van der Waals surface area contributed by atoms with Gasteiger partial charge in [0.2, 0.25) is 0 Å². The van der Waals surface area contributed by atoms with E-state index in [0.717, 1.165) is 21.1 Å². The molecule has 6 rings (SSSR count). The van der Waals surface area contributed by atoms with Gasteiger partial charge in [-0.05, 0) is 88.3 Å². The second-order valence-corrected chi connectivity index (χ2v) is 17.7. The molecule has 282 valence electrons. The van der Waals surface area contributed by atoms with E-state index in [9.17, 15) is 39.5 Å². The normalized spacial score (nSPS) is 16.6. The number of pyridine rings is 1. The summed E-state index contributed by atoms with van der Waals surface area (Å²) in [6.07, 6.45) is -4.08. The molecule has 0 aliphatic heterocycles. The minimum atomic E-state index is -3.63. The Morgan fingerprint density at radius 3 is 2.38 bits per heavy atom. The van der Waals surface area contributed by atoms with Crippen molar-refractivity contribution in [1.29, 1.82) is 0 Å². The first kappa shape index (κ1) is 38.5. The lowest BCUT2D eigenvalue weighted by molar-refractivity contribution is 0.104. The minimum absolute atomic E-state index is 0.00441. The molecule has 11 nitrogen and oxygen atoms in total. The van der Waals surface area contributed by atoms with Crippen molar-refractivity contribution in [3.8, 4) is 23.0 Å². The first-order valence-electron chi connectivity index (χ1n) is 16.4. The maximum atomic E-state index is 14.3. The number of amides is 1. The van der Waals surface area contributed by atoms with Gasteiger partial charge in [0.05, 0.1) is 32.4 Å². The highest BCUT2D eigenvalue weighted by Gasteiger charge is 2.47. The van der Waals surface area contributed by atoms with Crippen LogP contribution in [0.4, 0.5) is 28.2 Å². The number of ether oxygens (including phenoxy) is 1. The summed E-state index contributed by atoms with van der Waals surface area (Å²) >= 11 is 3.78. The number of hydrogen-bond acceptors (Lipinski definition) is 8. The third-order valence-corrected chi connectivity index (χ3v) is 13.3. The van der Waals surface area contributed by atoms with Gasteiger partial charge in [-0.2, -0.15) is 5.10 Å². The first-order valence-corrected chi connectivity index (χ1v) is 19.3. The van der Waals surface area contributed by atoms with Gasteiger partial charge in [-0.3, -0.25) is 13.2 Å². The van der Waals surface area contributed by atoms with E-state index >= 15 is 0 Å². The molecular formula is C35H33ClF4N5O6S2-. The van der Waals surface area contributed by atoms with E-state index in [4.69, 9.17) is 22.1 Å². The van der Waals surface area contributed by atoms with Gasteiger partial charge in [0, 0.05) is 34.9 Å². The van der Waals surface area contributed by atoms with Crippen molar-refractivity contribution in [2.45, 2.75) is 87.5 Å². The topological polar surface area (TPSA) is 161 Å². The molecular weight excluding hydrogens is 762 g/mol. The average Bonchev–Trinajstić information content (AvgIpc) is 3.99. The fourth-order valence-corrected chi connectivity index (χ4v) is 8.98. The summed E-state index contributed by atoms with van der Waals surface area (Å²) in [5.74, 6) is 3.53. The second-order valence-electron chi connectivity index (χ2n) is 13.8. The number of alkyl halides is 2. The van der Waals surface area contributed by atoms with Crippen LogP contribution in [-0.4, -0.2) is 60.0 Å². The van der Waals surface area contributed by atoms with Crippen molar-refractivity contribution < 1.29 is 44.3 Å². The van der Waals surface area contributed by atoms with Crippen LogP contribution in [0.1, 0.15) is 69.5 Å². The van der Waals surface area contributed by atoms with E-state index in [-0.39, 0.29) is 56.2 Å². The Morgan fingerprint density at radius 1 is 1.17 bits per heavy atom. The Morgan fingerprint density at radius 2 is 1.81 bits per heavy atom. The molecule has 4 aromatic rings. The Kier molecular flexibility index (Phi) is 10.3. The van der Waals surface area contributed by atoms with Crippen molar-refractivity contribution >= 4 is 55.5 Å². The van der Waals surface area contributed by atoms with Crippen LogP contribution < -0.4 is 10.0 Å². The molecule has 1 unspecified atom stereocenters. The molecule has 2 N–H and O–H groups in total. The van der Waals surface area contributed by atoms with Gasteiger partial charge in [-0.15, -0.1) is 0 Å². The predicted molar refractivity (Wildman–Crippen MR) is 189 cm³/mol. The SMILES string of the molecule is CC1(N(c2nn(CC(F)F)c3c(-c4ccc(C#CC(C)(C)S(=O)(=O)C5CC5)nc4[C@H](Cc4cc(F)cc(F)c4)OC(N)=O)ccc(Cl)c23)S(=O)[O-])CC1. The van der Waals surface area contributed by atoms with Crippen LogP contribution in [-0.2, 0) is 38.8 Å². The smallest absolute Gasteiger partial charge is 0.405 e. The number of primary amides is 1. The molecule has 2 aliphatic rings. The van der Waals surface area contributed by atoms with Gasteiger partial charge in [0.15, 0.2) is 21.8 Å². The number of carbonyl (C=O) groups excluding carboxylic acids is 1. The molecule has 18 heteroatoms. The molecule has 53 heavy (non-hydrogen) atoms. The lowest BCUT2D eigenvalue weighted by Crippen LogP contribution is -2.37. The Labute approximate surface area is 310 Å². The van der Waals surface area contributed by atoms with Gasteiger partial charge in [-0.1, -0.05) is 23.6 Å². The van der Waals surface area contributed by atoms with Gasteiger partial charge < -0.3 is 15.0 Å². The van der Waals surface area contributed by atoms with Crippen LogP contribution in [0.25, 0.3) is 22.0 Å². The van der Waals surface area contributed by atoms with Crippen molar-refractivity contribution in [2.24, 2.45) is 5.73 Å². The van der Waals surface area contributed by atoms with Gasteiger partial charge in [-0.25, -0.2) is 35.8 Å². The van der Waals surface area contributed by atoms with E-state index in [1.165, 1.54) is 38.1 Å². The Balaban J connectivity index is 1.61. The lowest BCUT2D eigenvalue weighted by Gasteiger charge is -2.31. The zero-order valence-corrected chi connectivity index (χ0v) is 30.9. The fraction of sp³-hybridized carbons (Fsp3) is 0.400. The van der Waals surface area contributed by atoms with Gasteiger partial charge in [0.25, 0.3) is 6.43 Å². The standard InChI is InChI=1S/C35H34ClF4N5O6S2/c1-34(2,53(49,50)23-5-6-23)11-10-22-4-7-24(30(42-22)27(51-33(41)46)16-19-14-20(37)17-21(38)15-19)25-8-9-26(36)29-31(25)44(18-28(39)40)43-32(29)45(52(47)48)35(3)12-13-35/h4,7-9,14-15,17,23,27-28H,5-6,12-13,16,18H2,1-3H3,(H2,41,46)(H,47,48)/p-1/t27-/m0/s1. The summed E-state index contributed by atoms with van der Waals surface area (Å²) in [5, 5.41) is 3.85. The van der Waals surface area contributed by atoms with Crippen LogP contribution in [0.5, 0.6) is 0 Å². The lowest BCUT2D eigenvalue weighted by atomic mass is 9.95. The molecule has 2 atom stereocenters. The number of fused-ring (bicyclic) bond motifs is 1. The highest BCUT2D eigenvalue weighted by molar-refractivity contribution is 7.93. The highest BCUT2D eigenvalue weighted by Crippen LogP contribution is 2.48. The summed E-state index contributed by atoms with van der Waals surface area (Å²) in [7, 11) is -3.63. The minimum Gasteiger partial charge on any atom is -0.755 e. The van der Waals surface area contributed by atoms with Crippen LogP contribution in [0.2, 0.25) is 5.02 Å². The molecule has 0 bridgehead atoms. The van der Waals surface area contributed by atoms with Crippen LogP contribution in [0.15, 0.2) is 42.5 Å². The molecule has 0 radical (unpaired) electrons. The summed E-state index contributed by atoms with van der Waals surface area (Å²) < 4.78 is 114. The number of carbonyl (C=O) groups is 1. The molecule has 2 aromatic heterocycles. The number of nitrogens with zero attached hydrogens (tertiary/aromatic N) is 4. The number of hydrogen-bond donors (Lipinski definition) is 1. The first-order chi connectivity index (χ1) is 24.8. The molecule has 2 saturated carbocycles. The zero-order chi connectivity index (χ0) is 38.6. The van der Waals surface area contributed by atoms with E-state index in [2.05, 4.69) is 21.9 Å². The van der Waals surface area contributed by atoms with Crippen molar-refractivity contribution in [3.63, 3.8) is 0 Å². The molecule has 2 aromatic carbocycles. The quantitative estimate of drug-likeness (QED) is 0.0962. The Hall–Kier alpha value is -4.24. The number of benzene rings is 2. The number of nitrogens with two attached hydrogens (primary N) is 1. The number of sulfone groups is 1. The number of anilines is 1. The van der Waals surface area contributed by atoms with Crippen LogP contribution in [0.3, 0.4) is 0 Å². The molecule has 0 saturated heterocycles. The maximum Gasteiger partial charge on any atom is 0.405 e. The summed E-state index contributed by atoms with van der Waals surface area (Å²) in [6, 6.07) is 8.42. The van der Waals surface area contributed by atoms with Crippen molar-refractivity contribution in [3.05, 3.63) is 76.1 Å². The predicted octanol–water partition coefficient (Wildman–Crippen LogP) is 6.53. The third kappa shape index (κ3) is 7.87. The number of rotatable bonds is 12. The number of aromatic nitrogens is 3. The van der Waals surface area contributed by atoms with Crippen molar-refractivity contribution in [2.75, 3.05) is 4.31 Å². The molecule has 2 fully saturated rings. The van der Waals surface area contributed by atoms with E-state index in [1.807, 2.05) is 0 Å². The Bertz CT molecular complexity index is 2300. The van der Waals surface area contributed by atoms with E-state index in [0.29, 0.717) is 31.7 Å². The summed E-state index contributed by atoms with van der Waals surface area (Å²) in [4.78, 5) is 16.9. The van der Waals surface area contributed by atoms with Gasteiger partial charge in [0.1, 0.15) is 28.6 Å². The van der Waals surface area contributed by atoms with E-state index in [1.54, 1.807) is 6.92 Å². The number of halogens is 5. The van der Waals surface area contributed by atoms with Crippen molar-refractivity contribution in [1.82, 2.24) is 14.8 Å². The molecule has 2 aliphatic carbocycles.